The van der Waals surface area contributed by atoms with Gasteiger partial charge in [-0.2, -0.15) is 13.2 Å². The number of fused-ring (bicyclic) bond motifs is 2. The fourth-order valence-corrected chi connectivity index (χ4v) is 4.91. The van der Waals surface area contributed by atoms with Crippen molar-refractivity contribution in [3.63, 3.8) is 0 Å². The van der Waals surface area contributed by atoms with E-state index in [0.29, 0.717) is 12.1 Å². The number of halogens is 4. The minimum absolute atomic E-state index is 0. The molecule has 2 unspecified atom stereocenters. The maximum atomic E-state index is 12.7. The van der Waals surface area contributed by atoms with E-state index in [4.69, 9.17) is 0 Å². The first-order valence-electron chi connectivity index (χ1n) is 7.63. The van der Waals surface area contributed by atoms with E-state index in [1.165, 1.54) is 12.1 Å². The van der Waals surface area contributed by atoms with Crippen molar-refractivity contribution in [1.82, 2.24) is 10.0 Å². The number of alkyl halides is 3. The van der Waals surface area contributed by atoms with Crippen LogP contribution in [0, 0.1) is 0 Å². The van der Waals surface area contributed by atoms with Gasteiger partial charge in [-0.3, -0.25) is 0 Å². The molecule has 1 aromatic rings. The van der Waals surface area contributed by atoms with Gasteiger partial charge in [0.2, 0.25) is 10.0 Å². The SMILES string of the molecule is Cl.O=S(=O)(Cc1cccc(C(F)(F)F)c1)NC1CC2CCC(C1)N2. The van der Waals surface area contributed by atoms with Crippen molar-refractivity contribution in [2.75, 3.05) is 0 Å². The number of nitrogens with one attached hydrogen (secondary N) is 2. The molecule has 24 heavy (non-hydrogen) atoms. The second kappa shape index (κ2) is 7.19. The zero-order valence-electron chi connectivity index (χ0n) is 12.8. The van der Waals surface area contributed by atoms with Gasteiger partial charge in [-0.1, -0.05) is 18.2 Å². The van der Waals surface area contributed by atoms with E-state index >= 15 is 0 Å². The lowest BCUT2D eigenvalue weighted by molar-refractivity contribution is -0.137. The van der Waals surface area contributed by atoms with Crippen molar-refractivity contribution in [1.29, 1.82) is 0 Å². The number of hydrogen-bond acceptors (Lipinski definition) is 3. The van der Waals surface area contributed by atoms with Gasteiger partial charge < -0.3 is 5.32 Å². The van der Waals surface area contributed by atoms with Gasteiger partial charge >= 0.3 is 6.18 Å². The molecule has 136 valence electrons. The van der Waals surface area contributed by atoms with E-state index in [9.17, 15) is 21.6 Å². The minimum Gasteiger partial charge on any atom is -0.311 e. The second-order valence-corrected chi connectivity index (χ2v) is 8.14. The molecule has 0 saturated carbocycles. The summed E-state index contributed by atoms with van der Waals surface area (Å²) in [6, 6.07) is 5.02. The Labute approximate surface area is 145 Å². The van der Waals surface area contributed by atoms with Crippen LogP contribution in [0.15, 0.2) is 24.3 Å². The molecule has 2 N–H and O–H groups in total. The van der Waals surface area contributed by atoms with Crippen LogP contribution in [0.3, 0.4) is 0 Å². The maximum Gasteiger partial charge on any atom is 0.416 e. The third kappa shape index (κ3) is 4.84. The molecule has 2 aliphatic rings. The van der Waals surface area contributed by atoms with E-state index < -0.39 is 27.5 Å². The van der Waals surface area contributed by atoms with E-state index in [1.807, 2.05) is 0 Å². The second-order valence-electron chi connectivity index (χ2n) is 6.38. The Morgan fingerprint density at radius 1 is 1.17 bits per heavy atom. The summed E-state index contributed by atoms with van der Waals surface area (Å²) in [6.07, 6.45) is -0.898. The zero-order chi connectivity index (χ0) is 16.7. The predicted octanol–water partition coefficient (Wildman–Crippen LogP) is 2.83. The highest BCUT2D eigenvalue weighted by molar-refractivity contribution is 7.88. The van der Waals surface area contributed by atoms with Crippen molar-refractivity contribution in [2.24, 2.45) is 0 Å². The Morgan fingerprint density at radius 2 is 1.79 bits per heavy atom. The van der Waals surface area contributed by atoms with Crippen LogP contribution < -0.4 is 10.0 Å². The molecule has 0 spiro atoms. The number of benzene rings is 1. The zero-order valence-corrected chi connectivity index (χ0v) is 14.5. The van der Waals surface area contributed by atoms with E-state index in [2.05, 4.69) is 10.0 Å². The third-order valence-corrected chi connectivity index (χ3v) is 5.84. The molecule has 9 heteroatoms. The quantitative estimate of drug-likeness (QED) is 0.839. The van der Waals surface area contributed by atoms with Crippen LogP contribution in [0.2, 0.25) is 0 Å². The van der Waals surface area contributed by atoms with Crippen LogP contribution in [0.25, 0.3) is 0 Å². The largest absolute Gasteiger partial charge is 0.416 e. The maximum absolute atomic E-state index is 12.7. The average molecular weight is 385 g/mol. The summed E-state index contributed by atoms with van der Waals surface area (Å²) < 4.78 is 65.2. The van der Waals surface area contributed by atoms with Crippen LogP contribution in [-0.2, 0) is 22.0 Å². The predicted molar refractivity (Wildman–Crippen MR) is 87.4 cm³/mol. The molecule has 2 bridgehead atoms. The van der Waals surface area contributed by atoms with Gasteiger partial charge in [-0.05, 0) is 37.3 Å². The Balaban J connectivity index is 0.00000208. The third-order valence-electron chi connectivity index (χ3n) is 4.43. The highest BCUT2D eigenvalue weighted by Crippen LogP contribution is 2.30. The number of piperidine rings is 1. The Kier molecular flexibility index (Phi) is 5.84. The minimum atomic E-state index is -4.47. The molecular weight excluding hydrogens is 365 g/mol. The smallest absolute Gasteiger partial charge is 0.311 e. The fourth-order valence-electron chi connectivity index (χ4n) is 3.51. The van der Waals surface area contributed by atoms with E-state index in [0.717, 1.165) is 37.8 Å². The molecule has 1 aromatic carbocycles. The van der Waals surface area contributed by atoms with Crippen LogP contribution in [0.5, 0.6) is 0 Å². The van der Waals surface area contributed by atoms with E-state index in [-0.39, 0.29) is 24.0 Å². The Hall–Kier alpha value is -0.830. The fraction of sp³-hybridized carbons (Fsp3) is 0.600. The summed E-state index contributed by atoms with van der Waals surface area (Å²) in [6.45, 7) is 0. The van der Waals surface area contributed by atoms with Crippen LogP contribution in [0.4, 0.5) is 13.2 Å². The van der Waals surface area contributed by atoms with Gasteiger partial charge in [0.1, 0.15) is 0 Å². The van der Waals surface area contributed by atoms with Crippen LogP contribution in [-0.4, -0.2) is 26.5 Å². The van der Waals surface area contributed by atoms with E-state index in [1.54, 1.807) is 0 Å². The van der Waals surface area contributed by atoms with Crippen molar-refractivity contribution in [3.8, 4) is 0 Å². The molecule has 2 heterocycles. The first-order chi connectivity index (χ1) is 10.7. The van der Waals surface area contributed by atoms with Crippen molar-refractivity contribution in [3.05, 3.63) is 35.4 Å². The van der Waals surface area contributed by atoms with Crippen LogP contribution in [0.1, 0.15) is 36.8 Å². The lowest BCUT2D eigenvalue weighted by Crippen LogP contribution is -2.48. The van der Waals surface area contributed by atoms with Crippen molar-refractivity contribution < 1.29 is 21.6 Å². The normalized spacial score (nSPS) is 26.9. The Morgan fingerprint density at radius 3 is 2.38 bits per heavy atom. The summed E-state index contributed by atoms with van der Waals surface area (Å²) in [5.41, 5.74) is -0.686. The molecule has 2 aliphatic heterocycles. The lowest BCUT2D eigenvalue weighted by Gasteiger charge is -2.29. The van der Waals surface area contributed by atoms with Gasteiger partial charge in [-0.15, -0.1) is 12.4 Å². The van der Waals surface area contributed by atoms with Gasteiger partial charge in [0.25, 0.3) is 0 Å². The molecule has 0 radical (unpaired) electrons. The first kappa shape index (κ1) is 19.5. The summed E-state index contributed by atoms with van der Waals surface area (Å²) in [7, 11) is -3.66. The molecule has 0 amide bonds. The van der Waals surface area contributed by atoms with Crippen LogP contribution >= 0.6 is 12.4 Å². The van der Waals surface area contributed by atoms with Gasteiger partial charge in [0.05, 0.1) is 11.3 Å². The average Bonchev–Trinajstić information content (AvgIpc) is 2.76. The number of rotatable bonds is 4. The molecule has 4 nitrogen and oxygen atoms in total. The summed E-state index contributed by atoms with van der Waals surface area (Å²) in [5.74, 6) is -0.434. The van der Waals surface area contributed by atoms with Crippen molar-refractivity contribution >= 4 is 22.4 Å². The molecule has 3 rings (SSSR count). The summed E-state index contributed by atoms with van der Waals surface area (Å²) in [4.78, 5) is 0. The topological polar surface area (TPSA) is 58.2 Å². The van der Waals surface area contributed by atoms with Gasteiger partial charge in [0.15, 0.2) is 0 Å². The Bertz CT molecular complexity index is 670. The molecular formula is C15H20ClF3N2O2S. The van der Waals surface area contributed by atoms with Gasteiger partial charge in [0, 0.05) is 18.1 Å². The first-order valence-corrected chi connectivity index (χ1v) is 9.29. The molecule has 2 fully saturated rings. The summed E-state index contributed by atoms with van der Waals surface area (Å²) in [5, 5.41) is 3.42. The molecule has 0 aliphatic carbocycles. The standard InChI is InChI=1S/C15H19F3N2O2S.ClH/c16-15(17,18)11-3-1-2-10(6-11)9-23(21,22)20-14-7-12-4-5-13(8-14)19-12;/h1-3,6,12-14,19-20H,4-5,7-9H2;1H. The molecule has 2 saturated heterocycles. The molecule has 0 aromatic heterocycles. The highest BCUT2D eigenvalue weighted by Gasteiger charge is 2.35. The highest BCUT2D eigenvalue weighted by atomic mass is 35.5. The monoisotopic (exact) mass is 384 g/mol. The molecule has 2 atom stereocenters. The lowest BCUT2D eigenvalue weighted by atomic mass is 10.0. The summed E-state index contributed by atoms with van der Waals surface area (Å²) >= 11 is 0. The number of hydrogen-bond donors (Lipinski definition) is 2. The van der Waals surface area contributed by atoms with Crippen molar-refractivity contribution in [2.45, 2.75) is 55.7 Å². The number of sulfonamides is 1. The van der Waals surface area contributed by atoms with Gasteiger partial charge in [-0.25, -0.2) is 13.1 Å².